The van der Waals surface area contributed by atoms with Gasteiger partial charge in [0.05, 0.1) is 25.9 Å². The van der Waals surface area contributed by atoms with Crippen LogP contribution in [0.4, 0.5) is 13.8 Å². The Bertz CT molecular complexity index is 1000. The van der Waals surface area contributed by atoms with Crippen LogP contribution in [0.5, 0.6) is 11.6 Å². The van der Waals surface area contributed by atoms with Crippen LogP contribution in [0.2, 0.25) is 0 Å². The van der Waals surface area contributed by atoms with Crippen molar-refractivity contribution >= 4 is 28.4 Å². The van der Waals surface area contributed by atoms with Gasteiger partial charge in [-0.3, -0.25) is 4.79 Å². The predicted octanol–water partition coefficient (Wildman–Crippen LogP) is 2.58. The number of likely N-dealkylation sites (tertiary alicyclic amines) is 1. The number of nitrogens with one attached hydrogen (secondary N) is 1. The number of hydrogen-bond acceptors (Lipinski definition) is 9. The van der Waals surface area contributed by atoms with E-state index >= 15 is 0 Å². The van der Waals surface area contributed by atoms with Gasteiger partial charge in [-0.05, 0) is 43.1 Å². The molecule has 0 bridgehead atoms. The average molecular weight is 486 g/mol. The summed E-state index contributed by atoms with van der Waals surface area (Å²) in [5.74, 6) is -3.28. The fourth-order valence-electron chi connectivity index (χ4n) is 3.42. The number of rotatable bonds is 10. The number of aliphatic hydroxyl groups is 1. The Kier molecular flexibility index (Phi) is 8.53. The van der Waals surface area contributed by atoms with Crippen LogP contribution in [0.15, 0.2) is 12.1 Å². The zero-order valence-electron chi connectivity index (χ0n) is 18.2. The van der Waals surface area contributed by atoms with E-state index in [1.165, 1.54) is 7.11 Å². The highest BCUT2D eigenvalue weighted by Crippen LogP contribution is 2.33. The molecule has 1 amide bonds. The van der Waals surface area contributed by atoms with Crippen LogP contribution >= 0.6 is 11.5 Å². The van der Waals surface area contributed by atoms with Crippen molar-refractivity contribution in [2.45, 2.75) is 32.0 Å². The first kappa shape index (κ1) is 24.8. The number of carbonyl (C=O) groups excluding carboxylic acids is 2. The van der Waals surface area contributed by atoms with Gasteiger partial charge in [0.25, 0.3) is 0 Å². The Balaban J connectivity index is 1.65. The molecule has 2 heterocycles. The molecule has 2 aromatic rings. The molecule has 1 aliphatic rings. The van der Waals surface area contributed by atoms with Crippen molar-refractivity contribution in [1.82, 2.24) is 9.27 Å². The van der Waals surface area contributed by atoms with E-state index in [9.17, 15) is 23.5 Å². The maximum absolute atomic E-state index is 14.4. The van der Waals surface area contributed by atoms with Crippen LogP contribution in [-0.2, 0) is 16.1 Å². The van der Waals surface area contributed by atoms with Gasteiger partial charge in [0.2, 0.25) is 11.8 Å². The number of anilines is 1. The molecule has 33 heavy (non-hydrogen) atoms. The smallest absolute Gasteiger partial charge is 0.346 e. The molecule has 1 saturated heterocycles. The summed E-state index contributed by atoms with van der Waals surface area (Å²) >= 11 is 0.795. The van der Waals surface area contributed by atoms with Crippen LogP contribution in [0.1, 0.15) is 35.2 Å². The fourth-order valence-corrected chi connectivity index (χ4v) is 4.16. The molecule has 12 heteroatoms. The highest BCUT2D eigenvalue weighted by Gasteiger charge is 2.26. The van der Waals surface area contributed by atoms with Gasteiger partial charge in [-0.2, -0.15) is 4.37 Å². The lowest BCUT2D eigenvalue weighted by molar-refractivity contribution is -0.116. The second kappa shape index (κ2) is 11.3. The van der Waals surface area contributed by atoms with Gasteiger partial charge >= 0.3 is 5.97 Å². The maximum Gasteiger partial charge on any atom is 0.346 e. The number of amides is 1. The Morgan fingerprint density at radius 3 is 2.79 bits per heavy atom. The van der Waals surface area contributed by atoms with Crippen LogP contribution in [0.25, 0.3) is 0 Å². The summed E-state index contributed by atoms with van der Waals surface area (Å²) in [6, 6.07) is 2.19. The molecular formula is C21H25F2N3O6S. The summed E-state index contributed by atoms with van der Waals surface area (Å²) in [6.07, 6.45) is 1.17. The van der Waals surface area contributed by atoms with Crippen molar-refractivity contribution in [2.24, 2.45) is 0 Å². The third-order valence-electron chi connectivity index (χ3n) is 5.15. The molecule has 1 aromatic heterocycles. The molecule has 0 aliphatic carbocycles. The number of β-amino-alcohol motifs (C(OH)–C–C–N with tert-alkyl or cyclic N) is 1. The molecular weight excluding hydrogens is 460 g/mol. The van der Waals surface area contributed by atoms with Gasteiger partial charge in [-0.25, -0.2) is 13.6 Å². The van der Waals surface area contributed by atoms with E-state index < -0.39 is 29.8 Å². The van der Waals surface area contributed by atoms with Crippen molar-refractivity contribution in [1.29, 1.82) is 0 Å². The zero-order chi connectivity index (χ0) is 24.0. The maximum atomic E-state index is 14.4. The number of carbonyl (C=O) groups is 2. The largest absolute Gasteiger partial charge is 0.494 e. The monoisotopic (exact) mass is 485 g/mol. The number of benzene rings is 1. The van der Waals surface area contributed by atoms with Crippen molar-refractivity contribution in [3.8, 4) is 11.6 Å². The fraction of sp³-hybridized carbons (Fsp3) is 0.476. The van der Waals surface area contributed by atoms with Crippen LogP contribution in [0.3, 0.4) is 0 Å². The molecule has 2 N–H and O–H groups in total. The van der Waals surface area contributed by atoms with Gasteiger partial charge < -0.3 is 29.5 Å². The van der Waals surface area contributed by atoms with Gasteiger partial charge in [0.1, 0.15) is 17.4 Å². The third-order valence-corrected chi connectivity index (χ3v) is 5.90. The van der Waals surface area contributed by atoms with E-state index in [1.54, 1.807) is 0 Å². The first-order chi connectivity index (χ1) is 15.8. The van der Waals surface area contributed by atoms with E-state index in [0.29, 0.717) is 19.5 Å². The minimum absolute atomic E-state index is 0.116. The van der Waals surface area contributed by atoms with Crippen molar-refractivity contribution in [3.63, 3.8) is 0 Å². The lowest BCUT2D eigenvalue weighted by Gasteiger charge is -2.14. The number of methoxy groups -OCH3 is 2. The molecule has 9 nitrogen and oxygen atoms in total. The Labute approximate surface area is 193 Å². The van der Waals surface area contributed by atoms with Crippen LogP contribution in [-0.4, -0.2) is 66.2 Å². The SMILES string of the molecule is COC(=O)c1c(OCc2c(F)ccc(OC)c2F)nsc1NC(=O)CCCN1CC[C@H](O)C1. The number of aliphatic hydroxyl groups excluding tert-OH is 1. The van der Waals surface area contributed by atoms with Gasteiger partial charge in [0, 0.05) is 19.5 Å². The standard InChI is InChI=1S/C21H25F2N3O6S/c1-30-15-6-5-14(22)13(18(15)23)11-32-19-17(21(29)31-2)20(33-25-19)24-16(28)4-3-8-26-9-7-12(27)10-26/h5-6,12,27H,3-4,7-11H2,1-2H3,(H,24,28)/t12-/m0/s1. The lowest BCUT2D eigenvalue weighted by Crippen LogP contribution is -2.24. The first-order valence-corrected chi connectivity index (χ1v) is 11.0. The molecule has 0 saturated carbocycles. The van der Waals surface area contributed by atoms with Crippen molar-refractivity contribution in [2.75, 3.05) is 39.2 Å². The van der Waals surface area contributed by atoms with Gasteiger partial charge in [-0.15, -0.1) is 0 Å². The molecule has 3 rings (SSSR count). The summed E-state index contributed by atoms with van der Waals surface area (Å²) in [5.41, 5.74) is -0.530. The summed E-state index contributed by atoms with van der Waals surface area (Å²) < 4.78 is 47.4. The minimum Gasteiger partial charge on any atom is -0.494 e. The first-order valence-electron chi connectivity index (χ1n) is 10.3. The summed E-state index contributed by atoms with van der Waals surface area (Å²) in [4.78, 5) is 26.7. The molecule has 180 valence electrons. The molecule has 0 radical (unpaired) electrons. The predicted molar refractivity (Wildman–Crippen MR) is 116 cm³/mol. The second-order valence-corrected chi connectivity index (χ2v) is 8.18. The third kappa shape index (κ3) is 6.15. The van der Waals surface area contributed by atoms with Crippen LogP contribution in [0, 0.1) is 11.6 Å². The Hall–Kier alpha value is -2.83. The zero-order valence-corrected chi connectivity index (χ0v) is 19.0. The van der Waals surface area contributed by atoms with E-state index in [2.05, 4.69) is 14.6 Å². The highest BCUT2D eigenvalue weighted by molar-refractivity contribution is 7.11. The number of halogens is 2. The minimum atomic E-state index is -0.925. The molecule has 0 spiro atoms. The van der Waals surface area contributed by atoms with E-state index in [-0.39, 0.29) is 40.6 Å². The number of nitrogens with zero attached hydrogens (tertiary/aromatic N) is 2. The quantitative estimate of drug-likeness (QED) is 0.494. The summed E-state index contributed by atoms with van der Waals surface area (Å²) in [6.45, 7) is 1.50. The topological polar surface area (TPSA) is 110 Å². The second-order valence-electron chi connectivity index (χ2n) is 7.41. The summed E-state index contributed by atoms with van der Waals surface area (Å²) in [5, 5.41) is 12.3. The molecule has 0 unspecified atom stereocenters. The van der Waals surface area contributed by atoms with Gasteiger partial charge in [0.15, 0.2) is 17.1 Å². The molecule has 1 aliphatic heterocycles. The van der Waals surface area contributed by atoms with Crippen molar-refractivity contribution in [3.05, 3.63) is 34.9 Å². The summed E-state index contributed by atoms with van der Waals surface area (Å²) in [7, 11) is 2.40. The number of ether oxygens (including phenoxy) is 3. The van der Waals surface area contributed by atoms with Crippen LogP contribution < -0.4 is 14.8 Å². The average Bonchev–Trinajstić information content (AvgIpc) is 3.39. The van der Waals surface area contributed by atoms with Crippen molar-refractivity contribution < 1.29 is 37.7 Å². The molecule has 1 atom stereocenters. The lowest BCUT2D eigenvalue weighted by atomic mass is 10.2. The Morgan fingerprint density at radius 2 is 2.12 bits per heavy atom. The van der Waals surface area contributed by atoms with E-state index in [4.69, 9.17) is 14.2 Å². The van der Waals surface area contributed by atoms with Gasteiger partial charge in [-0.1, -0.05) is 0 Å². The van der Waals surface area contributed by atoms with E-state index in [1.807, 2.05) is 0 Å². The molecule has 1 fully saturated rings. The normalized spacial score (nSPS) is 16.0. The number of esters is 1. The number of aromatic nitrogens is 1. The highest BCUT2D eigenvalue weighted by atomic mass is 32.1. The molecule has 1 aromatic carbocycles. The number of hydrogen-bond donors (Lipinski definition) is 2. The van der Waals surface area contributed by atoms with E-state index in [0.717, 1.165) is 43.7 Å². The Morgan fingerprint density at radius 1 is 1.33 bits per heavy atom.